The normalized spacial score (nSPS) is 25.4. The second-order valence-corrected chi connectivity index (χ2v) is 6.42. The van der Waals surface area contributed by atoms with Crippen LogP contribution in [-0.4, -0.2) is 78.6 Å². The van der Waals surface area contributed by atoms with Crippen LogP contribution in [0.5, 0.6) is 0 Å². The molecule has 3 saturated heterocycles. The van der Waals surface area contributed by atoms with E-state index in [1.54, 1.807) is 20.8 Å². The van der Waals surface area contributed by atoms with Crippen LogP contribution in [-0.2, 0) is 14.3 Å². The van der Waals surface area contributed by atoms with E-state index < -0.39 is 24.0 Å². The molecule has 3 aliphatic rings. The summed E-state index contributed by atoms with van der Waals surface area (Å²) >= 11 is 0. The summed E-state index contributed by atoms with van der Waals surface area (Å²) in [5.74, 6) is -0.880. The number of carbonyl (C=O) groups excluding carboxylic acids is 3. The van der Waals surface area contributed by atoms with Crippen molar-refractivity contribution < 1.29 is 19.1 Å². The molecule has 0 aromatic carbocycles. The number of hydrogen-bond donors (Lipinski definition) is 2. The van der Waals surface area contributed by atoms with Crippen molar-refractivity contribution in [1.29, 1.82) is 0 Å². The van der Waals surface area contributed by atoms with Crippen LogP contribution in [0.25, 0.3) is 0 Å². The van der Waals surface area contributed by atoms with Gasteiger partial charge in [-0.3, -0.25) is 4.79 Å². The Morgan fingerprint density at radius 3 is 2.33 bits per heavy atom. The minimum absolute atomic E-state index is 0.213. The van der Waals surface area contributed by atoms with Gasteiger partial charge in [0.15, 0.2) is 0 Å². The molecule has 0 spiro atoms. The van der Waals surface area contributed by atoms with Crippen molar-refractivity contribution in [1.82, 2.24) is 20.4 Å². The number of esters is 1. The Balaban J connectivity index is 1.84. The minimum atomic E-state index is -0.738. The molecule has 0 saturated carbocycles. The highest BCUT2D eigenvalue weighted by Crippen LogP contribution is 2.20. The number of nitrogens with one attached hydrogen (secondary N) is 2. The predicted octanol–water partition coefficient (Wildman–Crippen LogP) is -0.0677. The van der Waals surface area contributed by atoms with Gasteiger partial charge in [-0.2, -0.15) is 0 Å². The number of piperidine rings is 1. The molecule has 8 heteroatoms. The van der Waals surface area contributed by atoms with E-state index in [1.165, 1.54) is 0 Å². The third-order valence-electron chi connectivity index (χ3n) is 4.65. The lowest BCUT2D eigenvalue weighted by molar-refractivity contribution is -0.147. The first kappa shape index (κ1) is 18.5. The topological polar surface area (TPSA) is 91.0 Å². The first-order valence-electron chi connectivity index (χ1n) is 8.68. The summed E-state index contributed by atoms with van der Waals surface area (Å²) in [5.41, 5.74) is 0. The maximum absolute atomic E-state index is 12.5. The zero-order valence-electron chi connectivity index (χ0n) is 14.7. The van der Waals surface area contributed by atoms with Crippen molar-refractivity contribution in [2.24, 2.45) is 0 Å². The molecule has 8 nitrogen and oxygen atoms in total. The lowest BCUT2D eigenvalue weighted by atomic mass is 10.1. The zero-order chi connectivity index (χ0) is 17.7. The van der Waals surface area contributed by atoms with E-state index in [0.717, 1.165) is 32.5 Å². The van der Waals surface area contributed by atoms with E-state index >= 15 is 0 Å². The largest absolute Gasteiger partial charge is 0.464 e. The monoisotopic (exact) mass is 340 g/mol. The number of urea groups is 1. The van der Waals surface area contributed by atoms with Crippen LogP contribution < -0.4 is 10.6 Å². The third kappa shape index (κ3) is 4.59. The number of fused-ring (bicyclic) bond motifs is 4. The van der Waals surface area contributed by atoms with Gasteiger partial charge in [0.1, 0.15) is 12.1 Å². The summed E-state index contributed by atoms with van der Waals surface area (Å²) in [6.45, 7) is 8.77. The van der Waals surface area contributed by atoms with E-state index in [4.69, 9.17) is 4.74 Å². The predicted molar refractivity (Wildman–Crippen MR) is 88.4 cm³/mol. The molecule has 0 unspecified atom stereocenters. The fourth-order valence-electron chi connectivity index (χ4n) is 3.15. The Morgan fingerprint density at radius 1 is 1.04 bits per heavy atom. The first-order valence-corrected chi connectivity index (χ1v) is 8.68. The van der Waals surface area contributed by atoms with Gasteiger partial charge in [-0.05, 0) is 33.6 Å². The van der Waals surface area contributed by atoms with Gasteiger partial charge in [-0.1, -0.05) is 0 Å². The van der Waals surface area contributed by atoms with Gasteiger partial charge >= 0.3 is 12.0 Å². The van der Waals surface area contributed by atoms with E-state index in [1.807, 2.05) is 4.90 Å². The molecule has 3 heterocycles. The van der Waals surface area contributed by atoms with Crippen LogP contribution >= 0.6 is 0 Å². The number of hydrogen-bond acceptors (Lipinski definition) is 5. The smallest absolute Gasteiger partial charge is 0.328 e. The average Bonchev–Trinajstić information content (AvgIpc) is 2.88. The van der Waals surface area contributed by atoms with Gasteiger partial charge in [0.2, 0.25) is 5.91 Å². The Morgan fingerprint density at radius 2 is 1.71 bits per heavy atom. The number of ether oxygens (including phenoxy) is 1. The fourth-order valence-corrected chi connectivity index (χ4v) is 3.15. The van der Waals surface area contributed by atoms with Gasteiger partial charge < -0.3 is 25.2 Å². The standard InChI is InChI=1S/C16H28N4O4/c1-4-24-15(22)12(3)17-14(21)11(2)18-16(23)20-10-9-19-7-5-13(20)6-8-19/h11-13H,4-10H2,1-3H3,(H,17,21)(H,18,23)/t11-,12-/m1/s1. The minimum Gasteiger partial charge on any atom is -0.464 e. The van der Waals surface area contributed by atoms with Gasteiger partial charge in [0.25, 0.3) is 0 Å². The molecule has 136 valence electrons. The summed E-state index contributed by atoms with van der Waals surface area (Å²) in [7, 11) is 0. The molecule has 0 aromatic rings. The second-order valence-electron chi connectivity index (χ2n) is 6.42. The zero-order valence-corrected chi connectivity index (χ0v) is 14.7. The maximum atomic E-state index is 12.5. The molecular formula is C16H28N4O4. The highest BCUT2D eigenvalue weighted by Gasteiger charge is 2.33. The van der Waals surface area contributed by atoms with E-state index in [2.05, 4.69) is 15.5 Å². The number of rotatable bonds is 5. The van der Waals surface area contributed by atoms with Gasteiger partial charge in [-0.25, -0.2) is 9.59 Å². The molecule has 0 aromatic heterocycles. The highest BCUT2D eigenvalue weighted by atomic mass is 16.5. The fraction of sp³-hybridized carbons (Fsp3) is 0.812. The first-order chi connectivity index (χ1) is 11.4. The van der Waals surface area contributed by atoms with Crippen molar-refractivity contribution >= 4 is 17.9 Å². The number of nitrogens with zero attached hydrogens (tertiary/aromatic N) is 2. The number of amides is 3. The lowest BCUT2D eigenvalue weighted by Gasteiger charge is -2.32. The van der Waals surface area contributed by atoms with Gasteiger partial charge in [-0.15, -0.1) is 0 Å². The molecule has 3 amide bonds. The Labute approximate surface area is 142 Å². The summed E-state index contributed by atoms with van der Waals surface area (Å²) < 4.78 is 4.85. The molecular weight excluding hydrogens is 312 g/mol. The summed E-state index contributed by atoms with van der Waals surface area (Å²) in [6.07, 6.45) is 1.96. The van der Waals surface area contributed by atoms with E-state index in [-0.39, 0.29) is 18.7 Å². The van der Waals surface area contributed by atoms with Crippen LogP contribution in [0, 0.1) is 0 Å². The van der Waals surface area contributed by atoms with Crippen LogP contribution in [0.1, 0.15) is 33.6 Å². The molecule has 2 atom stereocenters. The SMILES string of the molecule is CCOC(=O)[C@@H](C)NC(=O)[C@@H](C)NC(=O)N1CCN2CCC1CC2. The quantitative estimate of drug-likeness (QED) is 0.684. The van der Waals surface area contributed by atoms with Crippen molar-refractivity contribution in [3.05, 3.63) is 0 Å². The molecule has 0 radical (unpaired) electrons. The van der Waals surface area contributed by atoms with Crippen molar-refractivity contribution in [3.63, 3.8) is 0 Å². The Kier molecular flexibility index (Phi) is 6.42. The molecule has 3 rings (SSSR count). The van der Waals surface area contributed by atoms with Crippen molar-refractivity contribution in [2.45, 2.75) is 51.7 Å². The molecule has 3 fully saturated rings. The summed E-state index contributed by atoms with van der Waals surface area (Å²) in [5, 5.41) is 5.30. The highest BCUT2D eigenvalue weighted by molar-refractivity contribution is 5.90. The van der Waals surface area contributed by atoms with Crippen LogP contribution in [0.4, 0.5) is 4.79 Å². The van der Waals surface area contributed by atoms with Crippen LogP contribution in [0.15, 0.2) is 0 Å². The third-order valence-corrected chi connectivity index (χ3v) is 4.65. The molecule has 2 N–H and O–H groups in total. The average molecular weight is 340 g/mol. The number of carbonyl (C=O) groups is 3. The van der Waals surface area contributed by atoms with Crippen molar-refractivity contribution in [2.75, 3.05) is 32.8 Å². The summed E-state index contributed by atoms with van der Waals surface area (Å²) in [4.78, 5) is 40.4. The Hall–Kier alpha value is -1.83. The van der Waals surface area contributed by atoms with Gasteiger partial charge in [0.05, 0.1) is 6.61 Å². The van der Waals surface area contributed by atoms with Crippen LogP contribution in [0.3, 0.4) is 0 Å². The maximum Gasteiger partial charge on any atom is 0.328 e. The second kappa shape index (κ2) is 8.32. The van der Waals surface area contributed by atoms with E-state index in [0.29, 0.717) is 6.54 Å². The van der Waals surface area contributed by atoms with Gasteiger partial charge in [0, 0.05) is 32.2 Å². The molecule has 24 heavy (non-hydrogen) atoms. The van der Waals surface area contributed by atoms with Crippen molar-refractivity contribution in [3.8, 4) is 0 Å². The Bertz CT molecular complexity index is 477. The van der Waals surface area contributed by atoms with E-state index in [9.17, 15) is 14.4 Å². The van der Waals surface area contributed by atoms with Crippen LogP contribution in [0.2, 0.25) is 0 Å². The lowest BCUT2D eigenvalue weighted by Crippen LogP contribution is -2.54. The summed E-state index contributed by atoms with van der Waals surface area (Å²) in [6, 6.07) is -1.42. The molecule has 3 aliphatic heterocycles. The molecule has 2 bridgehead atoms. The molecule has 0 aliphatic carbocycles.